The van der Waals surface area contributed by atoms with E-state index in [1.54, 1.807) is 0 Å². The average Bonchev–Trinajstić information content (AvgIpc) is 2.60. The van der Waals surface area contributed by atoms with Crippen LogP contribution < -0.4 is 0 Å². The van der Waals surface area contributed by atoms with E-state index >= 15 is 0 Å². The van der Waals surface area contributed by atoms with Gasteiger partial charge in [-0.25, -0.2) is 4.79 Å². The molecule has 0 aliphatic heterocycles. The summed E-state index contributed by atoms with van der Waals surface area (Å²) in [6.07, 6.45) is 3.75. The van der Waals surface area contributed by atoms with Crippen LogP contribution in [0.1, 0.15) is 44.1 Å². The molecule has 1 aromatic rings. The van der Waals surface area contributed by atoms with Gasteiger partial charge in [-0.05, 0) is 45.3 Å². The van der Waals surface area contributed by atoms with Crippen molar-refractivity contribution in [3.05, 3.63) is 35.9 Å². The van der Waals surface area contributed by atoms with Gasteiger partial charge in [0.25, 0.3) is 0 Å². The molecule has 24 heavy (non-hydrogen) atoms. The number of esters is 1. The quantitative estimate of drug-likeness (QED) is 0.666. The van der Waals surface area contributed by atoms with Crippen LogP contribution in [0.4, 0.5) is 0 Å². The smallest absolute Gasteiger partial charge is 0.336 e. The van der Waals surface area contributed by atoms with Crippen LogP contribution in [0.5, 0.6) is 0 Å². The van der Waals surface area contributed by atoms with Crippen LogP contribution in [0.15, 0.2) is 30.3 Å². The molecule has 1 N–H and O–H groups in total. The van der Waals surface area contributed by atoms with Crippen molar-refractivity contribution < 1.29 is 14.6 Å². The summed E-state index contributed by atoms with van der Waals surface area (Å²) in [7, 11) is 3.85. The molecular formula is C20H27NO3. The molecule has 130 valence electrons. The Morgan fingerprint density at radius 2 is 1.88 bits per heavy atom. The van der Waals surface area contributed by atoms with Crippen LogP contribution >= 0.6 is 0 Å². The summed E-state index contributed by atoms with van der Waals surface area (Å²) >= 11 is 0. The Kier molecular flexibility index (Phi) is 6.84. The van der Waals surface area contributed by atoms with Crippen LogP contribution in [-0.2, 0) is 15.1 Å². The third-order valence-corrected chi connectivity index (χ3v) is 4.34. The van der Waals surface area contributed by atoms with Gasteiger partial charge in [-0.3, -0.25) is 4.90 Å². The summed E-state index contributed by atoms with van der Waals surface area (Å²) in [5.41, 5.74) is 0.415. The zero-order chi connectivity index (χ0) is 17.4. The van der Waals surface area contributed by atoms with Crippen molar-refractivity contribution in [2.24, 2.45) is 0 Å². The first-order valence-corrected chi connectivity index (χ1v) is 8.60. The number of rotatable bonds is 5. The van der Waals surface area contributed by atoms with Gasteiger partial charge in [0.05, 0.1) is 6.54 Å². The van der Waals surface area contributed by atoms with Crippen LogP contribution in [0.3, 0.4) is 0 Å². The number of aliphatic hydroxyl groups is 1. The van der Waals surface area contributed by atoms with E-state index in [0.29, 0.717) is 6.54 Å². The van der Waals surface area contributed by atoms with Crippen LogP contribution in [0.2, 0.25) is 0 Å². The number of carbonyl (C=O) groups excluding carboxylic acids is 1. The highest BCUT2D eigenvalue weighted by Gasteiger charge is 2.38. The number of hydrogen-bond acceptors (Lipinski definition) is 4. The predicted molar refractivity (Wildman–Crippen MR) is 94.3 cm³/mol. The minimum Gasteiger partial charge on any atom is -0.452 e. The molecule has 1 unspecified atom stereocenters. The van der Waals surface area contributed by atoms with Gasteiger partial charge in [0.1, 0.15) is 5.60 Å². The van der Waals surface area contributed by atoms with Crippen LogP contribution in [-0.4, -0.2) is 42.7 Å². The lowest BCUT2D eigenvalue weighted by molar-refractivity contribution is -0.175. The molecule has 1 saturated carbocycles. The Balaban J connectivity index is 2.03. The van der Waals surface area contributed by atoms with E-state index in [2.05, 4.69) is 11.8 Å². The Morgan fingerprint density at radius 3 is 2.50 bits per heavy atom. The van der Waals surface area contributed by atoms with E-state index in [-0.39, 0.29) is 6.42 Å². The zero-order valence-corrected chi connectivity index (χ0v) is 14.6. The fourth-order valence-electron chi connectivity index (χ4n) is 3.04. The first-order chi connectivity index (χ1) is 11.5. The van der Waals surface area contributed by atoms with Gasteiger partial charge in [0, 0.05) is 6.42 Å². The summed E-state index contributed by atoms with van der Waals surface area (Å²) < 4.78 is 5.84. The Morgan fingerprint density at radius 1 is 1.21 bits per heavy atom. The van der Waals surface area contributed by atoms with Gasteiger partial charge in [-0.2, -0.15) is 0 Å². The van der Waals surface area contributed by atoms with E-state index in [1.165, 1.54) is 0 Å². The highest BCUT2D eigenvalue weighted by molar-refractivity contribution is 5.75. The highest BCUT2D eigenvalue weighted by Crippen LogP contribution is 2.40. The van der Waals surface area contributed by atoms with E-state index in [0.717, 1.165) is 37.7 Å². The normalized spacial score (nSPS) is 17.7. The molecule has 4 nitrogen and oxygen atoms in total. The summed E-state index contributed by atoms with van der Waals surface area (Å²) in [4.78, 5) is 14.3. The predicted octanol–water partition coefficient (Wildman–Crippen LogP) is 2.71. The van der Waals surface area contributed by atoms with E-state index in [1.807, 2.05) is 49.3 Å². The molecule has 0 saturated heterocycles. The molecule has 0 amide bonds. The molecule has 0 spiro atoms. The minimum atomic E-state index is -1.19. The summed E-state index contributed by atoms with van der Waals surface area (Å²) in [6.45, 7) is 0.607. The summed E-state index contributed by atoms with van der Waals surface area (Å²) in [5.74, 6) is 5.20. The molecule has 0 radical (unpaired) electrons. The van der Waals surface area contributed by atoms with Gasteiger partial charge in [0.2, 0.25) is 0 Å². The van der Waals surface area contributed by atoms with Crippen molar-refractivity contribution >= 4 is 5.97 Å². The molecule has 1 fully saturated rings. The minimum absolute atomic E-state index is 0.109. The maximum Gasteiger partial charge on any atom is 0.336 e. The van der Waals surface area contributed by atoms with Crippen LogP contribution in [0, 0.1) is 11.8 Å². The van der Waals surface area contributed by atoms with Gasteiger partial charge in [-0.15, -0.1) is 0 Å². The van der Waals surface area contributed by atoms with E-state index in [9.17, 15) is 9.90 Å². The molecule has 1 atom stereocenters. The number of aliphatic hydroxyl groups excluding tert-OH is 1. The number of carbonyl (C=O) groups is 1. The Bertz CT molecular complexity index is 580. The van der Waals surface area contributed by atoms with Crippen molar-refractivity contribution in [3.63, 3.8) is 0 Å². The van der Waals surface area contributed by atoms with Crippen molar-refractivity contribution in [1.29, 1.82) is 0 Å². The lowest BCUT2D eigenvalue weighted by atomic mass is 9.79. The second-order valence-electron chi connectivity index (χ2n) is 6.65. The van der Waals surface area contributed by atoms with Gasteiger partial charge < -0.3 is 9.84 Å². The lowest BCUT2D eigenvalue weighted by Crippen LogP contribution is -2.38. The van der Waals surface area contributed by atoms with E-state index in [4.69, 9.17) is 4.74 Å². The molecule has 4 heteroatoms. The summed E-state index contributed by atoms with van der Waals surface area (Å²) in [6, 6.07) is 9.88. The van der Waals surface area contributed by atoms with E-state index < -0.39 is 17.7 Å². The van der Waals surface area contributed by atoms with Crippen molar-refractivity contribution in [2.75, 3.05) is 20.6 Å². The second kappa shape index (κ2) is 8.86. The molecule has 1 aromatic carbocycles. The van der Waals surface area contributed by atoms with Crippen molar-refractivity contribution in [3.8, 4) is 11.8 Å². The number of ether oxygens (including phenoxy) is 1. The molecule has 0 heterocycles. The van der Waals surface area contributed by atoms with Crippen molar-refractivity contribution in [1.82, 2.24) is 4.90 Å². The first-order valence-electron chi connectivity index (χ1n) is 8.60. The molecule has 2 rings (SSSR count). The number of nitrogens with zero attached hydrogens (tertiary/aromatic N) is 1. The molecular weight excluding hydrogens is 302 g/mol. The highest BCUT2D eigenvalue weighted by atomic mass is 16.6. The lowest BCUT2D eigenvalue weighted by Gasteiger charge is -2.37. The van der Waals surface area contributed by atoms with Gasteiger partial charge >= 0.3 is 5.97 Å². The molecule has 0 bridgehead atoms. The topological polar surface area (TPSA) is 49.8 Å². The number of benzene rings is 1. The largest absolute Gasteiger partial charge is 0.452 e. The van der Waals surface area contributed by atoms with Gasteiger partial charge in [0.15, 0.2) is 6.10 Å². The average molecular weight is 329 g/mol. The number of hydrogen-bond donors (Lipinski definition) is 1. The Labute approximate surface area is 144 Å². The summed E-state index contributed by atoms with van der Waals surface area (Å²) in [5, 5.41) is 10.1. The SMILES string of the molecule is CN(C)CC#CCC(O)C(=O)OC1(c2ccccc2)CCCCC1. The fourth-order valence-corrected chi connectivity index (χ4v) is 3.04. The molecule has 1 aliphatic carbocycles. The third-order valence-electron chi connectivity index (χ3n) is 4.34. The Hall–Kier alpha value is -1.83. The fraction of sp³-hybridized carbons (Fsp3) is 0.550. The molecule has 0 aromatic heterocycles. The monoisotopic (exact) mass is 329 g/mol. The third kappa shape index (κ3) is 5.09. The zero-order valence-electron chi connectivity index (χ0n) is 14.6. The van der Waals surface area contributed by atoms with Crippen molar-refractivity contribution in [2.45, 2.75) is 50.2 Å². The second-order valence-corrected chi connectivity index (χ2v) is 6.65. The van der Waals surface area contributed by atoms with Gasteiger partial charge in [-0.1, -0.05) is 48.6 Å². The maximum absolute atomic E-state index is 12.4. The maximum atomic E-state index is 12.4. The molecule has 1 aliphatic rings. The first kappa shape index (κ1) is 18.5. The standard InChI is InChI=1S/C20H27NO3/c1-21(2)16-10-7-13-18(22)19(23)24-20(14-8-4-9-15-20)17-11-5-3-6-12-17/h3,5-6,11-12,18,22H,4,8-9,13-16H2,1-2H3. The van der Waals surface area contributed by atoms with Crippen LogP contribution in [0.25, 0.3) is 0 Å².